The molecule has 1 saturated heterocycles. The molecule has 2 fully saturated rings. The summed E-state index contributed by atoms with van der Waals surface area (Å²) in [6.07, 6.45) is 2.92. The van der Waals surface area contributed by atoms with E-state index in [4.69, 9.17) is 20.3 Å². The molecule has 1 aliphatic heterocycles. The molecule has 0 radical (unpaired) electrons. The van der Waals surface area contributed by atoms with E-state index in [1.807, 2.05) is 13.8 Å². The second-order valence-electron chi connectivity index (χ2n) is 5.09. The first-order chi connectivity index (χ1) is 7.03. The average Bonchev–Trinajstić information content (AvgIpc) is 2.60. The van der Waals surface area contributed by atoms with Gasteiger partial charge in [-0.1, -0.05) is 0 Å². The van der Waals surface area contributed by atoms with Crippen molar-refractivity contribution < 1.29 is 14.6 Å². The van der Waals surface area contributed by atoms with Gasteiger partial charge in [-0.2, -0.15) is 0 Å². The van der Waals surface area contributed by atoms with Crippen LogP contribution >= 0.6 is 0 Å². The molecule has 1 heterocycles. The second-order valence-corrected chi connectivity index (χ2v) is 5.09. The monoisotopic (exact) mass is 215 g/mol. The second kappa shape index (κ2) is 4.01. The van der Waals surface area contributed by atoms with Crippen LogP contribution in [0.5, 0.6) is 0 Å². The molecule has 2 aliphatic rings. The number of hydrogen-bond acceptors (Lipinski definition) is 4. The number of aliphatic hydroxyl groups excluding tert-OH is 1. The van der Waals surface area contributed by atoms with E-state index in [1.54, 1.807) is 0 Å². The van der Waals surface area contributed by atoms with Crippen LogP contribution in [-0.2, 0) is 9.47 Å². The highest BCUT2D eigenvalue weighted by Crippen LogP contribution is 2.42. The van der Waals surface area contributed by atoms with Crippen LogP contribution in [0, 0.1) is 5.92 Å². The molecule has 0 aromatic heterocycles. The summed E-state index contributed by atoms with van der Waals surface area (Å²) in [6.45, 7) is 4.11. The Hall–Kier alpha value is -0.160. The Balaban J connectivity index is 1.99. The molecule has 4 atom stereocenters. The number of nitrogens with two attached hydrogens (primary N) is 1. The van der Waals surface area contributed by atoms with Gasteiger partial charge in [0.25, 0.3) is 0 Å². The highest BCUT2D eigenvalue weighted by molar-refractivity contribution is 5.00. The lowest BCUT2D eigenvalue weighted by Gasteiger charge is -2.22. The predicted molar refractivity (Wildman–Crippen MR) is 56.2 cm³/mol. The van der Waals surface area contributed by atoms with Crippen molar-refractivity contribution in [3.63, 3.8) is 0 Å². The summed E-state index contributed by atoms with van der Waals surface area (Å²) in [6, 6.07) is 0.0838. The van der Waals surface area contributed by atoms with Crippen molar-refractivity contribution >= 4 is 0 Å². The summed E-state index contributed by atoms with van der Waals surface area (Å²) in [5, 5.41) is 8.83. The number of ether oxygens (including phenoxy) is 2. The van der Waals surface area contributed by atoms with E-state index in [1.165, 1.54) is 0 Å². The quantitative estimate of drug-likeness (QED) is 0.724. The van der Waals surface area contributed by atoms with Crippen molar-refractivity contribution in [3.05, 3.63) is 0 Å². The average molecular weight is 215 g/mol. The van der Waals surface area contributed by atoms with Crippen LogP contribution < -0.4 is 5.73 Å². The highest BCUT2D eigenvalue weighted by atomic mass is 16.8. The van der Waals surface area contributed by atoms with Gasteiger partial charge in [-0.25, -0.2) is 0 Å². The Kier molecular flexibility index (Phi) is 3.03. The zero-order valence-corrected chi connectivity index (χ0v) is 9.48. The highest BCUT2D eigenvalue weighted by Gasteiger charge is 2.52. The minimum atomic E-state index is -0.495. The van der Waals surface area contributed by atoms with Crippen molar-refractivity contribution in [1.82, 2.24) is 0 Å². The summed E-state index contributed by atoms with van der Waals surface area (Å²) in [5.41, 5.74) is 6.04. The van der Waals surface area contributed by atoms with E-state index in [0.717, 1.165) is 19.3 Å². The van der Waals surface area contributed by atoms with Crippen LogP contribution in [0.3, 0.4) is 0 Å². The van der Waals surface area contributed by atoms with Gasteiger partial charge in [0, 0.05) is 12.6 Å². The van der Waals surface area contributed by atoms with Gasteiger partial charge < -0.3 is 20.3 Å². The Labute approximate surface area is 90.7 Å². The third kappa shape index (κ3) is 2.18. The van der Waals surface area contributed by atoms with Crippen molar-refractivity contribution in [1.29, 1.82) is 0 Å². The zero-order chi connectivity index (χ0) is 11.1. The van der Waals surface area contributed by atoms with Gasteiger partial charge in [0.05, 0.1) is 6.10 Å². The van der Waals surface area contributed by atoms with E-state index in [-0.39, 0.29) is 24.9 Å². The molecule has 0 aromatic rings. The zero-order valence-electron chi connectivity index (χ0n) is 9.48. The molecule has 3 N–H and O–H groups in total. The van der Waals surface area contributed by atoms with Crippen LogP contribution in [0.25, 0.3) is 0 Å². The minimum absolute atomic E-state index is 0.0451. The van der Waals surface area contributed by atoms with E-state index >= 15 is 0 Å². The molecule has 4 nitrogen and oxygen atoms in total. The molecule has 1 aliphatic carbocycles. The molecule has 2 rings (SSSR count). The molecule has 0 bridgehead atoms. The maximum Gasteiger partial charge on any atom is 0.163 e. The number of hydrogen-bond donors (Lipinski definition) is 2. The summed E-state index contributed by atoms with van der Waals surface area (Å²) < 4.78 is 11.7. The van der Waals surface area contributed by atoms with E-state index in [2.05, 4.69) is 0 Å². The largest absolute Gasteiger partial charge is 0.396 e. The molecule has 4 heteroatoms. The van der Waals surface area contributed by atoms with E-state index < -0.39 is 5.79 Å². The summed E-state index contributed by atoms with van der Waals surface area (Å²) in [4.78, 5) is 0. The first kappa shape index (κ1) is 11.3. The molecule has 88 valence electrons. The predicted octanol–water partition coefficient (Wildman–Crippen LogP) is 0.626. The van der Waals surface area contributed by atoms with Gasteiger partial charge in [0.15, 0.2) is 5.79 Å². The third-order valence-corrected chi connectivity index (χ3v) is 3.36. The van der Waals surface area contributed by atoms with Gasteiger partial charge in [0.2, 0.25) is 0 Å². The van der Waals surface area contributed by atoms with Crippen molar-refractivity contribution in [2.24, 2.45) is 11.7 Å². The number of rotatable bonds is 3. The Bertz CT molecular complexity index is 232. The first-order valence-electron chi connectivity index (χ1n) is 5.75. The molecular weight excluding hydrogens is 194 g/mol. The molecule has 0 amide bonds. The first-order valence-corrected chi connectivity index (χ1v) is 5.75. The molecule has 1 saturated carbocycles. The number of aliphatic hydroxyl groups is 1. The Morgan fingerprint density at radius 2 is 2.00 bits per heavy atom. The standard InChI is InChI=1S/C11H21NO3/c1-11(2)14-9-7(4-3-5-13)6-8(12)10(9)15-11/h7-10,13H,3-6,12H2,1-2H3/t7-,8+,9+,10-/m0/s1. The van der Waals surface area contributed by atoms with Crippen molar-refractivity contribution in [3.8, 4) is 0 Å². The maximum atomic E-state index is 8.83. The Morgan fingerprint density at radius 3 is 2.67 bits per heavy atom. The lowest BCUT2D eigenvalue weighted by Crippen LogP contribution is -2.34. The van der Waals surface area contributed by atoms with Crippen molar-refractivity contribution in [2.75, 3.05) is 6.61 Å². The summed E-state index contributed by atoms with van der Waals surface area (Å²) in [5.74, 6) is -0.0518. The SMILES string of the molecule is CC1(C)O[C@@H]2[C@@H](CCCO)C[C@@H](N)[C@@H]2O1. The third-order valence-electron chi connectivity index (χ3n) is 3.36. The fraction of sp³-hybridized carbons (Fsp3) is 1.00. The van der Waals surface area contributed by atoms with Crippen LogP contribution in [-0.4, -0.2) is 35.8 Å². The molecule has 0 spiro atoms. The summed E-state index contributed by atoms with van der Waals surface area (Å²) in [7, 11) is 0. The van der Waals surface area contributed by atoms with E-state index in [0.29, 0.717) is 5.92 Å². The minimum Gasteiger partial charge on any atom is -0.396 e. The fourth-order valence-corrected chi connectivity index (χ4v) is 2.77. The van der Waals surface area contributed by atoms with Crippen LogP contribution in [0.4, 0.5) is 0 Å². The smallest absolute Gasteiger partial charge is 0.163 e. The Morgan fingerprint density at radius 1 is 1.33 bits per heavy atom. The molecule has 0 unspecified atom stereocenters. The van der Waals surface area contributed by atoms with Crippen LogP contribution in [0.2, 0.25) is 0 Å². The van der Waals surface area contributed by atoms with Gasteiger partial charge in [-0.15, -0.1) is 0 Å². The molecule has 0 aromatic carbocycles. The van der Waals surface area contributed by atoms with Crippen molar-refractivity contribution in [2.45, 2.75) is 57.1 Å². The normalized spacial score (nSPS) is 43.2. The lowest BCUT2D eigenvalue weighted by atomic mass is 9.99. The van der Waals surface area contributed by atoms with Gasteiger partial charge in [0.1, 0.15) is 6.10 Å². The maximum absolute atomic E-state index is 8.83. The van der Waals surface area contributed by atoms with Gasteiger partial charge in [-0.3, -0.25) is 0 Å². The lowest BCUT2D eigenvalue weighted by molar-refractivity contribution is -0.158. The summed E-state index contributed by atoms with van der Waals surface area (Å²) >= 11 is 0. The van der Waals surface area contributed by atoms with E-state index in [9.17, 15) is 0 Å². The van der Waals surface area contributed by atoms with Gasteiger partial charge >= 0.3 is 0 Å². The van der Waals surface area contributed by atoms with Crippen LogP contribution in [0.1, 0.15) is 33.1 Å². The fourth-order valence-electron chi connectivity index (χ4n) is 2.77. The van der Waals surface area contributed by atoms with Gasteiger partial charge in [-0.05, 0) is 39.0 Å². The number of fused-ring (bicyclic) bond motifs is 1. The molecular formula is C11H21NO3. The topological polar surface area (TPSA) is 64.7 Å². The van der Waals surface area contributed by atoms with Crippen LogP contribution in [0.15, 0.2) is 0 Å². The molecule has 15 heavy (non-hydrogen) atoms.